The summed E-state index contributed by atoms with van der Waals surface area (Å²) in [5.74, 6) is 0.193. The van der Waals surface area contributed by atoms with E-state index in [0.717, 1.165) is 0 Å². The van der Waals surface area contributed by atoms with Crippen molar-refractivity contribution >= 4 is 24.8 Å². The summed E-state index contributed by atoms with van der Waals surface area (Å²) in [6.07, 6.45) is -1.73. The number of imidazole rings is 1. The van der Waals surface area contributed by atoms with Gasteiger partial charge in [0.25, 0.3) is 0 Å². The molecule has 21 heavy (non-hydrogen) atoms. The summed E-state index contributed by atoms with van der Waals surface area (Å²) in [5.41, 5.74) is 6.40. The van der Waals surface area contributed by atoms with Crippen LogP contribution < -0.4 is 5.73 Å². The molecule has 11 nitrogen and oxygen atoms in total. The Kier molecular flexibility index (Phi) is 2.61. The van der Waals surface area contributed by atoms with Gasteiger partial charge < -0.3 is 20.5 Å². The Bertz CT molecular complexity index is 766. The number of rotatable bonds is 1. The highest BCUT2D eigenvalue weighted by Gasteiger charge is 2.57. The normalized spacial score (nSPS) is 39.0. The van der Waals surface area contributed by atoms with Gasteiger partial charge in [-0.05, 0) is 0 Å². The Labute approximate surface area is 116 Å². The molecule has 2 aromatic rings. The van der Waals surface area contributed by atoms with Crippen molar-refractivity contribution in [3.8, 4) is 0 Å². The summed E-state index contributed by atoms with van der Waals surface area (Å²) in [7, 11) is -4.17. The van der Waals surface area contributed by atoms with Crippen LogP contribution in [0, 0.1) is 0 Å². The average molecular weight is 315 g/mol. The minimum atomic E-state index is -4.17. The van der Waals surface area contributed by atoms with Crippen molar-refractivity contribution in [2.24, 2.45) is 0 Å². The van der Waals surface area contributed by atoms with Crippen LogP contribution in [0.3, 0.4) is 0 Å². The fraction of sp³-hybridized carbons (Fsp3) is 0.444. The van der Waals surface area contributed by atoms with Crippen molar-refractivity contribution in [1.82, 2.24) is 19.5 Å². The van der Waals surface area contributed by atoms with Gasteiger partial charge in [-0.1, -0.05) is 0 Å². The van der Waals surface area contributed by atoms with Crippen LogP contribution in [-0.4, -0.2) is 48.0 Å². The third-order valence-electron chi connectivity index (χ3n) is 3.32. The largest absolute Gasteiger partial charge is 0.475 e. The van der Waals surface area contributed by atoms with Crippen LogP contribution in [0.5, 0.6) is 0 Å². The Morgan fingerprint density at radius 2 is 2.14 bits per heavy atom. The van der Waals surface area contributed by atoms with Crippen molar-refractivity contribution in [2.75, 3.05) is 5.73 Å². The number of phosphoric acid groups is 1. The van der Waals surface area contributed by atoms with Gasteiger partial charge in [-0.3, -0.25) is 13.6 Å². The number of nitrogen functional groups attached to an aromatic ring is 1. The number of nitrogens with zero attached hydrogens (tertiary/aromatic N) is 4. The lowest BCUT2D eigenvalue weighted by Crippen LogP contribution is -2.29. The molecule has 0 radical (unpaired) electrons. The minimum absolute atomic E-state index is 0.193. The summed E-state index contributed by atoms with van der Waals surface area (Å²) >= 11 is 0. The van der Waals surface area contributed by atoms with E-state index in [4.69, 9.17) is 19.5 Å². The summed E-state index contributed by atoms with van der Waals surface area (Å²) in [4.78, 5) is 21.1. The molecule has 5 atom stereocenters. The molecule has 2 fully saturated rings. The highest BCUT2D eigenvalue weighted by molar-refractivity contribution is 7.47. The van der Waals surface area contributed by atoms with E-state index in [1.807, 2.05) is 0 Å². The lowest BCUT2D eigenvalue weighted by Gasteiger charge is -2.18. The molecule has 2 aromatic heterocycles. The standard InChI is InChI=1S/C9H10N5O6P/c10-6-3-7(12-1-11-6)14(2-13-3)8-4(15)5-9(18-8)20-21(16,17)19-5/h1-2,4-5,8-9,15H,(H,16,17)(H2,10,11,12)/t4?,5-,8-,9-/m1/s1. The highest BCUT2D eigenvalue weighted by atomic mass is 31.2. The van der Waals surface area contributed by atoms with Crippen LogP contribution in [0.1, 0.15) is 6.23 Å². The van der Waals surface area contributed by atoms with E-state index < -0.39 is 32.5 Å². The molecule has 0 spiro atoms. The molecule has 4 N–H and O–H groups in total. The topological polar surface area (TPSA) is 155 Å². The number of nitrogens with two attached hydrogens (primary N) is 1. The average Bonchev–Trinajstić information content (AvgIpc) is 3.04. The van der Waals surface area contributed by atoms with Crippen molar-refractivity contribution in [3.63, 3.8) is 0 Å². The first-order valence-electron chi connectivity index (χ1n) is 5.92. The summed E-state index contributed by atoms with van der Waals surface area (Å²) in [6, 6.07) is 0. The van der Waals surface area contributed by atoms with E-state index >= 15 is 0 Å². The van der Waals surface area contributed by atoms with Crippen LogP contribution in [0.2, 0.25) is 0 Å². The monoisotopic (exact) mass is 315 g/mol. The minimum Gasteiger partial charge on any atom is -0.385 e. The Morgan fingerprint density at radius 3 is 2.90 bits per heavy atom. The van der Waals surface area contributed by atoms with E-state index in [1.54, 1.807) is 0 Å². The zero-order chi connectivity index (χ0) is 14.8. The van der Waals surface area contributed by atoms with Crippen LogP contribution in [0.25, 0.3) is 11.2 Å². The van der Waals surface area contributed by atoms with Crippen molar-refractivity contribution in [1.29, 1.82) is 0 Å². The first-order chi connectivity index (χ1) is 9.96. The number of hydrogen-bond acceptors (Lipinski definition) is 9. The fourth-order valence-electron chi connectivity index (χ4n) is 2.41. The lowest BCUT2D eigenvalue weighted by molar-refractivity contribution is -0.105. The van der Waals surface area contributed by atoms with Crippen molar-refractivity contribution in [3.05, 3.63) is 12.7 Å². The van der Waals surface area contributed by atoms with E-state index in [0.29, 0.717) is 11.2 Å². The number of fused-ring (bicyclic) bond motifs is 2. The molecule has 2 saturated heterocycles. The molecule has 0 amide bonds. The summed E-state index contributed by atoms with van der Waals surface area (Å²) in [5, 5.41) is 10.2. The van der Waals surface area contributed by atoms with Gasteiger partial charge in [0.05, 0.1) is 6.33 Å². The van der Waals surface area contributed by atoms with E-state index in [9.17, 15) is 14.6 Å². The maximum atomic E-state index is 11.3. The highest BCUT2D eigenvalue weighted by Crippen LogP contribution is 2.57. The van der Waals surface area contributed by atoms with Gasteiger partial charge in [-0.25, -0.2) is 19.5 Å². The van der Waals surface area contributed by atoms with E-state index in [1.165, 1.54) is 17.2 Å². The number of anilines is 1. The quantitative estimate of drug-likeness (QED) is 0.566. The van der Waals surface area contributed by atoms with Gasteiger partial charge in [0.1, 0.15) is 17.9 Å². The van der Waals surface area contributed by atoms with Gasteiger partial charge in [0.2, 0.25) is 6.29 Å². The second kappa shape index (κ2) is 4.19. The molecule has 0 aromatic carbocycles. The third kappa shape index (κ3) is 1.87. The molecule has 2 aliphatic heterocycles. The second-order valence-corrected chi connectivity index (χ2v) is 5.97. The van der Waals surface area contributed by atoms with Crippen LogP contribution in [-0.2, 0) is 18.3 Å². The van der Waals surface area contributed by atoms with Crippen molar-refractivity contribution < 1.29 is 28.3 Å². The predicted molar refractivity (Wildman–Crippen MR) is 65.4 cm³/mol. The first-order valence-corrected chi connectivity index (χ1v) is 7.42. The van der Waals surface area contributed by atoms with Gasteiger partial charge in [-0.2, -0.15) is 0 Å². The molecular formula is C9H10N5O6P. The second-order valence-electron chi connectivity index (χ2n) is 4.61. The smallest absolute Gasteiger partial charge is 0.385 e. The van der Waals surface area contributed by atoms with Crippen molar-refractivity contribution in [2.45, 2.75) is 24.7 Å². The van der Waals surface area contributed by atoms with Crippen LogP contribution in [0.4, 0.5) is 5.82 Å². The van der Waals surface area contributed by atoms with Gasteiger partial charge >= 0.3 is 7.82 Å². The van der Waals surface area contributed by atoms with Crippen LogP contribution >= 0.6 is 7.82 Å². The Hall–Kier alpha value is -1.62. The third-order valence-corrected chi connectivity index (χ3v) is 4.31. The number of aliphatic hydroxyl groups excluding tert-OH is 1. The molecular weight excluding hydrogens is 305 g/mol. The molecule has 0 aliphatic carbocycles. The molecule has 112 valence electrons. The zero-order valence-corrected chi connectivity index (χ0v) is 11.2. The number of aromatic nitrogens is 4. The lowest BCUT2D eigenvalue weighted by atomic mass is 10.2. The number of hydrogen-bond donors (Lipinski definition) is 3. The van der Waals surface area contributed by atoms with Gasteiger partial charge in [-0.15, -0.1) is 0 Å². The van der Waals surface area contributed by atoms with E-state index in [2.05, 4.69) is 15.0 Å². The molecule has 2 unspecified atom stereocenters. The van der Waals surface area contributed by atoms with Gasteiger partial charge in [0.15, 0.2) is 23.8 Å². The molecule has 4 heterocycles. The SMILES string of the molecule is Nc1ncnc2c1ncn2[C@@H]1O[C@@H]2OP(=O)(O)O[C@@H]2C1O. The van der Waals surface area contributed by atoms with Crippen LogP contribution in [0.15, 0.2) is 12.7 Å². The number of aliphatic hydroxyl groups is 1. The predicted octanol–water partition coefficient (Wildman–Crippen LogP) is -0.860. The maximum absolute atomic E-state index is 11.3. The first kappa shape index (κ1) is 13.1. The molecule has 2 aliphatic rings. The molecule has 12 heteroatoms. The number of phosphoric ester groups is 1. The summed E-state index contributed by atoms with van der Waals surface area (Å²) in [6.45, 7) is 0. The maximum Gasteiger partial charge on any atom is 0.475 e. The molecule has 0 bridgehead atoms. The Balaban J connectivity index is 1.72. The molecule has 4 rings (SSSR count). The summed E-state index contributed by atoms with van der Waals surface area (Å²) < 4.78 is 27.6. The molecule has 0 saturated carbocycles. The Morgan fingerprint density at radius 1 is 1.33 bits per heavy atom. The van der Waals surface area contributed by atoms with Gasteiger partial charge in [0, 0.05) is 0 Å². The van der Waals surface area contributed by atoms with E-state index in [-0.39, 0.29) is 5.82 Å². The fourth-order valence-corrected chi connectivity index (χ4v) is 3.43. The number of ether oxygens (including phenoxy) is 1. The zero-order valence-electron chi connectivity index (χ0n) is 10.3.